The summed E-state index contributed by atoms with van der Waals surface area (Å²) >= 11 is 0. The van der Waals surface area contributed by atoms with Crippen LogP contribution in [0.4, 0.5) is 9.18 Å². The van der Waals surface area contributed by atoms with Crippen LogP contribution in [0.1, 0.15) is 38.3 Å². The Morgan fingerprint density at radius 3 is 2.73 bits per heavy atom. The number of carbonyl (C=O) groups is 1. The van der Waals surface area contributed by atoms with Crippen LogP contribution in [0.2, 0.25) is 0 Å². The number of urea groups is 1. The normalized spacial score (nSPS) is 16.7. The Bertz CT molecular complexity index is 520. The van der Waals surface area contributed by atoms with E-state index in [0.717, 1.165) is 12.8 Å². The molecule has 122 valence electrons. The lowest BCUT2D eigenvalue weighted by atomic mass is 10.1. The SMILES string of the molecule is C[C@@H](CO)NC(=O)N[C@H](C)c1ccc(OCC2CC2)c(F)c1. The number of aliphatic hydroxyl groups excluding tert-OH is 1. The average molecular weight is 310 g/mol. The van der Waals surface area contributed by atoms with Gasteiger partial charge in [0.05, 0.1) is 25.3 Å². The number of nitrogens with one attached hydrogen (secondary N) is 2. The Balaban J connectivity index is 1.90. The zero-order chi connectivity index (χ0) is 16.1. The lowest BCUT2D eigenvalue weighted by molar-refractivity contribution is 0.218. The van der Waals surface area contributed by atoms with Gasteiger partial charge in [0.25, 0.3) is 0 Å². The van der Waals surface area contributed by atoms with Gasteiger partial charge in [-0.1, -0.05) is 6.07 Å². The maximum atomic E-state index is 14.0. The van der Waals surface area contributed by atoms with Crippen molar-refractivity contribution in [1.29, 1.82) is 0 Å². The van der Waals surface area contributed by atoms with Crippen LogP contribution in [0.15, 0.2) is 18.2 Å². The van der Waals surface area contributed by atoms with E-state index in [1.807, 2.05) is 0 Å². The molecule has 1 fully saturated rings. The van der Waals surface area contributed by atoms with Crippen molar-refractivity contribution >= 4 is 6.03 Å². The first-order valence-electron chi connectivity index (χ1n) is 7.59. The second kappa shape index (κ2) is 7.45. The molecule has 22 heavy (non-hydrogen) atoms. The number of ether oxygens (including phenoxy) is 1. The summed E-state index contributed by atoms with van der Waals surface area (Å²) in [6, 6.07) is 3.64. The molecule has 2 rings (SSSR count). The molecule has 1 aliphatic carbocycles. The van der Waals surface area contributed by atoms with Gasteiger partial charge in [-0.25, -0.2) is 9.18 Å². The van der Waals surface area contributed by atoms with Crippen molar-refractivity contribution < 1.29 is 19.0 Å². The molecule has 0 radical (unpaired) electrons. The summed E-state index contributed by atoms with van der Waals surface area (Å²) in [6.45, 7) is 3.88. The highest BCUT2D eigenvalue weighted by atomic mass is 19.1. The Morgan fingerprint density at radius 1 is 1.41 bits per heavy atom. The number of rotatable bonds is 7. The third-order valence-electron chi connectivity index (χ3n) is 3.63. The highest BCUT2D eigenvalue weighted by molar-refractivity contribution is 5.74. The summed E-state index contributed by atoms with van der Waals surface area (Å²) in [5.74, 6) is 0.397. The molecule has 2 amide bonds. The van der Waals surface area contributed by atoms with Crippen molar-refractivity contribution in [2.45, 2.75) is 38.8 Å². The smallest absolute Gasteiger partial charge is 0.315 e. The molecule has 5 nitrogen and oxygen atoms in total. The van der Waals surface area contributed by atoms with Gasteiger partial charge < -0.3 is 20.5 Å². The molecule has 3 N–H and O–H groups in total. The molecular weight excluding hydrogens is 287 g/mol. The van der Waals surface area contributed by atoms with Crippen molar-refractivity contribution in [2.75, 3.05) is 13.2 Å². The zero-order valence-corrected chi connectivity index (χ0v) is 12.9. The molecule has 2 atom stereocenters. The van der Waals surface area contributed by atoms with Crippen LogP contribution < -0.4 is 15.4 Å². The lowest BCUT2D eigenvalue weighted by Crippen LogP contribution is -2.43. The van der Waals surface area contributed by atoms with E-state index in [1.165, 1.54) is 6.07 Å². The van der Waals surface area contributed by atoms with Crippen LogP contribution >= 0.6 is 0 Å². The quantitative estimate of drug-likeness (QED) is 0.724. The van der Waals surface area contributed by atoms with E-state index in [2.05, 4.69) is 10.6 Å². The third kappa shape index (κ3) is 4.87. The van der Waals surface area contributed by atoms with E-state index < -0.39 is 11.8 Å². The van der Waals surface area contributed by atoms with Gasteiger partial charge in [-0.05, 0) is 50.3 Å². The van der Waals surface area contributed by atoms with Crippen molar-refractivity contribution in [2.24, 2.45) is 5.92 Å². The number of carbonyl (C=O) groups excluding carboxylic acids is 1. The fraction of sp³-hybridized carbons (Fsp3) is 0.562. The summed E-state index contributed by atoms with van der Waals surface area (Å²) in [5, 5.41) is 14.2. The molecule has 0 aliphatic heterocycles. The van der Waals surface area contributed by atoms with Gasteiger partial charge in [0.2, 0.25) is 0 Å². The Hall–Kier alpha value is -1.82. The summed E-state index contributed by atoms with van der Waals surface area (Å²) in [7, 11) is 0. The highest BCUT2D eigenvalue weighted by Crippen LogP contribution is 2.30. The van der Waals surface area contributed by atoms with Gasteiger partial charge in [-0.15, -0.1) is 0 Å². The number of hydrogen-bond acceptors (Lipinski definition) is 3. The van der Waals surface area contributed by atoms with E-state index in [1.54, 1.807) is 26.0 Å². The van der Waals surface area contributed by atoms with Crippen molar-refractivity contribution in [3.05, 3.63) is 29.6 Å². The largest absolute Gasteiger partial charge is 0.490 e. The van der Waals surface area contributed by atoms with Gasteiger partial charge in [0, 0.05) is 0 Å². The van der Waals surface area contributed by atoms with Gasteiger partial charge in [-0.2, -0.15) is 0 Å². The fourth-order valence-corrected chi connectivity index (χ4v) is 1.99. The zero-order valence-electron chi connectivity index (χ0n) is 12.9. The first kappa shape index (κ1) is 16.5. The van der Waals surface area contributed by atoms with Crippen LogP contribution in [0.5, 0.6) is 5.75 Å². The van der Waals surface area contributed by atoms with E-state index in [9.17, 15) is 9.18 Å². The number of halogens is 1. The average Bonchev–Trinajstić information content (AvgIpc) is 3.29. The first-order valence-corrected chi connectivity index (χ1v) is 7.59. The Labute approximate surface area is 129 Å². The Morgan fingerprint density at radius 2 is 2.14 bits per heavy atom. The Kier molecular flexibility index (Phi) is 5.60. The predicted molar refractivity (Wildman–Crippen MR) is 81.2 cm³/mol. The van der Waals surface area contributed by atoms with Crippen molar-refractivity contribution in [1.82, 2.24) is 10.6 Å². The van der Waals surface area contributed by atoms with Gasteiger partial charge in [0.1, 0.15) is 0 Å². The molecule has 1 saturated carbocycles. The van der Waals surface area contributed by atoms with Crippen LogP contribution in [-0.2, 0) is 0 Å². The van der Waals surface area contributed by atoms with Crippen LogP contribution in [0.25, 0.3) is 0 Å². The molecule has 1 aromatic rings. The highest BCUT2D eigenvalue weighted by Gasteiger charge is 2.22. The van der Waals surface area contributed by atoms with Gasteiger partial charge in [0.15, 0.2) is 11.6 Å². The molecule has 0 aromatic heterocycles. The molecule has 0 unspecified atom stereocenters. The molecule has 0 spiro atoms. The second-order valence-corrected chi connectivity index (χ2v) is 5.87. The van der Waals surface area contributed by atoms with Crippen LogP contribution in [0.3, 0.4) is 0 Å². The maximum Gasteiger partial charge on any atom is 0.315 e. The van der Waals surface area contributed by atoms with E-state index >= 15 is 0 Å². The standard InChI is InChI=1S/C16H23FN2O3/c1-10(8-20)18-16(21)19-11(2)13-5-6-15(14(17)7-13)22-9-12-3-4-12/h5-7,10-12,20H,3-4,8-9H2,1-2H3,(H2,18,19,21)/t10-,11+/m0/s1. The topological polar surface area (TPSA) is 70.6 Å². The molecule has 6 heteroatoms. The minimum absolute atomic E-state index is 0.135. The summed E-state index contributed by atoms with van der Waals surface area (Å²) in [5.41, 5.74) is 0.656. The van der Waals surface area contributed by atoms with Crippen molar-refractivity contribution in [3.63, 3.8) is 0 Å². The molecule has 0 bridgehead atoms. The summed E-state index contributed by atoms with van der Waals surface area (Å²) in [4.78, 5) is 11.7. The van der Waals surface area contributed by atoms with E-state index in [4.69, 9.17) is 9.84 Å². The number of amides is 2. The van der Waals surface area contributed by atoms with Crippen LogP contribution in [-0.4, -0.2) is 30.4 Å². The van der Waals surface area contributed by atoms with E-state index in [-0.39, 0.29) is 24.4 Å². The molecular formula is C16H23FN2O3. The summed E-state index contributed by atoms with van der Waals surface area (Å²) < 4.78 is 19.4. The van der Waals surface area contributed by atoms with Crippen molar-refractivity contribution in [3.8, 4) is 5.75 Å². The summed E-state index contributed by atoms with van der Waals surface area (Å²) in [6.07, 6.45) is 2.31. The monoisotopic (exact) mass is 310 g/mol. The number of benzene rings is 1. The molecule has 0 heterocycles. The molecule has 1 aromatic carbocycles. The second-order valence-electron chi connectivity index (χ2n) is 5.87. The van der Waals surface area contributed by atoms with Gasteiger partial charge >= 0.3 is 6.03 Å². The third-order valence-corrected chi connectivity index (χ3v) is 3.63. The molecule has 0 saturated heterocycles. The van der Waals surface area contributed by atoms with Crippen LogP contribution in [0, 0.1) is 11.7 Å². The maximum absolute atomic E-state index is 14.0. The van der Waals surface area contributed by atoms with E-state index in [0.29, 0.717) is 18.1 Å². The minimum atomic E-state index is -0.420. The lowest BCUT2D eigenvalue weighted by Gasteiger charge is -2.18. The molecule has 1 aliphatic rings. The number of aliphatic hydroxyl groups is 1. The predicted octanol–water partition coefficient (Wildman–Crippen LogP) is 2.36. The van der Waals surface area contributed by atoms with Gasteiger partial charge in [-0.3, -0.25) is 0 Å². The first-order chi connectivity index (χ1) is 10.5. The minimum Gasteiger partial charge on any atom is -0.490 e. The number of hydrogen-bond donors (Lipinski definition) is 3. The fourth-order valence-electron chi connectivity index (χ4n) is 1.99.